The van der Waals surface area contributed by atoms with Crippen LogP contribution in [0.3, 0.4) is 0 Å². The van der Waals surface area contributed by atoms with Gasteiger partial charge in [0.15, 0.2) is 5.69 Å². The average molecular weight is 395 g/mol. The summed E-state index contributed by atoms with van der Waals surface area (Å²) in [5, 5.41) is 2.80. The Kier molecular flexibility index (Phi) is 5.81. The molecule has 29 heavy (non-hydrogen) atoms. The Morgan fingerprint density at radius 1 is 1.14 bits per heavy atom. The molecule has 0 saturated carbocycles. The van der Waals surface area contributed by atoms with Gasteiger partial charge in [-0.15, -0.1) is 0 Å². The van der Waals surface area contributed by atoms with E-state index in [0.717, 1.165) is 31.7 Å². The molecule has 1 aliphatic rings. The molecule has 1 aliphatic heterocycles. The topological polar surface area (TPSA) is 74.5 Å². The maximum atomic E-state index is 13.9. The fourth-order valence-electron chi connectivity index (χ4n) is 3.31. The summed E-state index contributed by atoms with van der Waals surface area (Å²) in [6.45, 7) is 3.87. The van der Waals surface area contributed by atoms with Gasteiger partial charge in [-0.25, -0.2) is 9.37 Å². The summed E-state index contributed by atoms with van der Waals surface area (Å²) >= 11 is 0. The zero-order valence-electron chi connectivity index (χ0n) is 15.9. The van der Waals surface area contributed by atoms with Crippen LogP contribution in [0.25, 0.3) is 0 Å². The first-order valence-electron chi connectivity index (χ1n) is 9.52. The molecule has 1 amide bonds. The van der Waals surface area contributed by atoms with Gasteiger partial charge in [0.25, 0.3) is 5.91 Å². The molecule has 4 rings (SSSR count). The zero-order chi connectivity index (χ0) is 20.1. The van der Waals surface area contributed by atoms with Crippen LogP contribution >= 0.6 is 0 Å². The summed E-state index contributed by atoms with van der Waals surface area (Å²) in [6.07, 6.45) is 4.77. The van der Waals surface area contributed by atoms with Crippen molar-refractivity contribution in [1.29, 1.82) is 0 Å². The van der Waals surface area contributed by atoms with Crippen LogP contribution in [-0.2, 0) is 13.1 Å². The molecule has 0 spiro atoms. The number of para-hydroxylation sites is 1. The molecular weight excluding hydrogens is 373 g/mol. The summed E-state index contributed by atoms with van der Waals surface area (Å²) in [5.41, 5.74) is 1.81. The van der Waals surface area contributed by atoms with Gasteiger partial charge in [-0.05, 0) is 23.8 Å². The van der Waals surface area contributed by atoms with Crippen LogP contribution in [0.15, 0.2) is 59.5 Å². The highest BCUT2D eigenvalue weighted by Gasteiger charge is 2.21. The van der Waals surface area contributed by atoms with E-state index in [0.29, 0.717) is 24.7 Å². The van der Waals surface area contributed by atoms with Gasteiger partial charge in [0, 0.05) is 45.1 Å². The number of hydrogen-bond acceptors (Lipinski definition) is 6. The van der Waals surface area contributed by atoms with Gasteiger partial charge in [-0.3, -0.25) is 14.7 Å². The van der Waals surface area contributed by atoms with Gasteiger partial charge < -0.3 is 14.6 Å². The van der Waals surface area contributed by atoms with Gasteiger partial charge in [0.2, 0.25) is 5.89 Å². The van der Waals surface area contributed by atoms with Gasteiger partial charge in [-0.1, -0.05) is 18.2 Å². The Labute approximate surface area is 168 Å². The van der Waals surface area contributed by atoms with Crippen LogP contribution in [0.5, 0.6) is 0 Å². The molecule has 3 heterocycles. The Morgan fingerprint density at radius 3 is 2.72 bits per heavy atom. The number of oxazole rings is 1. The van der Waals surface area contributed by atoms with Crippen LogP contribution in [-0.4, -0.2) is 47.0 Å². The molecule has 0 aliphatic carbocycles. The molecule has 1 saturated heterocycles. The van der Waals surface area contributed by atoms with E-state index in [1.54, 1.807) is 24.5 Å². The van der Waals surface area contributed by atoms with E-state index >= 15 is 0 Å². The second-order valence-corrected chi connectivity index (χ2v) is 6.89. The molecular formula is C21H22FN5O2. The highest BCUT2D eigenvalue weighted by atomic mass is 19.1. The molecule has 1 fully saturated rings. The lowest BCUT2D eigenvalue weighted by Crippen LogP contribution is -2.46. The molecule has 2 aromatic heterocycles. The number of rotatable bonds is 6. The first-order valence-corrected chi connectivity index (χ1v) is 9.52. The Bertz CT molecular complexity index is 954. The lowest BCUT2D eigenvalue weighted by molar-refractivity contribution is 0.0945. The summed E-state index contributed by atoms with van der Waals surface area (Å²) in [4.78, 5) is 24.8. The number of carbonyl (C=O) groups is 1. The van der Waals surface area contributed by atoms with Gasteiger partial charge in [0.1, 0.15) is 12.1 Å². The molecule has 1 aromatic carbocycles. The minimum absolute atomic E-state index is 0.199. The van der Waals surface area contributed by atoms with E-state index in [9.17, 15) is 9.18 Å². The minimum atomic E-state index is -0.284. The number of anilines is 1. The molecule has 150 valence electrons. The third-order valence-corrected chi connectivity index (χ3v) is 4.88. The summed E-state index contributed by atoms with van der Waals surface area (Å²) in [7, 11) is 0. The van der Waals surface area contributed by atoms with Crippen molar-refractivity contribution >= 4 is 11.6 Å². The Morgan fingerprint density at radius 2 is 1.97 bits per heavy atom. The predicted octanol–water partition coefficient (Wildman–Crippen LogP) is 2.46. The molecule has 1 N–H and O–H groups in total. The van der Waals surface area contributed by atoms with Crippen molar-refractivity contribution in [2.75, 3.05) is 31.1 Å². The molecule has 0 atom stereocenters. The second-order valence-electron chi connectivity index (χ2n) is 6.89. The van der Waals surface area contributed by atoms with Crippen molar-refractivity contribution in [3.8, 4) is 0 Å². The standard InChI is InChI=1S/C21H22FN5O2/c22-17-5-1-2-6-19(17)27-10-8-26(9-11-27)14-20-25-18(15-29-20)21(28)24-13-16-4-3-7-23-12-16/h1-7,12,15H,8-11,13-14H2,(H,24,28). The number of halogens is 1. The highest BCUT2D eigenvalue weighted by molar-refractivity contribution is 5.91. The molecule has 0 radical (unpaired) electrons. The fraction of sp³-hybridized carbons (Fsp3) is 0.286. The lowest BCUT2D eigenvalue weighted by Gasteiger charge is -2.35. The summed E-state index contributed by atoms with van der Waals surface area (Å²) in [5.74, 6) is 0.0136. The molecule has 0 unspecified atom stereocenters. The number of pyridine rings is 1. The maximum Gasteiger partial charge on any atom is 0.273 e. The van der Waals surface area contributed by atoms with Gasteiger partial charge >= 0.3 is 0 Å². The first-order chi connectivity index (χ1) is 14.2. The number of piperazine rings is 1. The number of carbonyl (C=O) groups excluding carboxylic acids is 1. The second kappa shape index (κ2) is 8.83. The lowest BCUT2D eigenvalue weighted by atomic mass is 10.2. The van der Waals surface area contributed by atoms with Crippen LogP contribution in [0.4, 0.5) is 10.1 Å². The van der Waals surface area contributed by atoms with Gasteiger partial charge in [0.05, 0.1) is 12.2 Å². The number of nitrogens with one attached hydrogen (secondary N) is 1. The number of hydrogen-bond donors (Lipinski definition) is 1. The van der Waals surface area contributed by atoms with Crippen molar-refractivity contribution in [3.05, 3.63) is 78.0 Å². The quantitative estimate of drug-likeness (QED) is 0.691. The van der Waals surface area contributed by atoms with Crippen LogP contribution < -0.4 is 10.2 Å². The monoisotopic (exact) mass is 395 g/mol. The Hall–Kier alpha value is -3.26. The van der Waals surface area contributed by atoms with E-state index in [2.05, 4.69) is 20.2 Å². The van der Waals surface area contributed by atoms with E-state index in [-0.39, 0.29) is 17.4 Å². The first kappa shape index (κ1) is 19.1. The van der Waals surface area contributed by atoms with Crippen LogP contribution in [0.1, 0.15) is 21.9 Å². The largest absolute Gasteiger partial charge is 0.447 e. The maximum absolute atomic E-state index is 13.9. The number of benzene rings is 1. The smallest absolute Gasteiger partial charge is 0.273 e. The molecule has 8 heteroatoms. The number of nitrogens with zero attached hydrogens (tertiary/aromatic N) is 4. The molecule has 3 aromatic rings. The predicted molar refractivity (Wildman–Crippen MR) is 106 cm³/mol. The zero-order valence-corrected chi connectivity index (χ0v) is 15.9. The van der Waals surface area contributed by atoms with Crippen molar-refractivity contribution in [2.24, 2.45) is 0 Å². The van der Waals surface area contributed by atoms with E-state index in [1.807, 2.05) is 23.1 Å². The third kappa shape index (κ3) is 4.78. The van der Waals surface area contributed by atoms with Crippen LogP contribution in [0.2, 0.25) is 0 Å². The third-order valence-electron chi connectivity index (χ3n) is 4.88. The van der Waals surface area contributed by atoms with Crippen LogP contribution in [0, 0.1) is 5.82 Å². The van der Waals surface area contributed by atoms with E-state index in [1.165, 1.54) is 12.3 Å². The summed E-state index contributed by atoms with van der Waals surface area (Å²) < 4.78 is 19.4. The molecule has 7 nitrogen and oxygen atoms in total. The van der Waals surface area contributed by atoms with Crippen molar-refractivity contribution in [2.45, 2.75) is 13.1 Å². The van der Waals surface area contributed by atoms with Crippen molar-refractivity contribution in [3.63, 3.8) is 0 Å². The van der Waals surface area contributed by atoms with E-state index in [4.69, 9.17) is 4.42 Å². The van der Waals surface area contributed by atoms with Crippen molar-refractivity contribution < 1.29 is 13.6 Å². The van der Waals surface area contributed by atoms with Gasteiger partial charge in [-0.2, -0.15) is 0 Å². The number of aromatic nitrogens is 2. The Balaban J connectivity index is 1.27. The normalized spacial score (nSPS) is 14.7. The molecule has 0 bridgehead atoms. The fourth-order valence-corrected chi connectivity index (χ4v) is 3.31. The minimum Gasteiger partial charge on any atom is -0.447 e. The van der Waals surface area contributed by atoms with E-state index < -0.39 is 0 Å². The highest BCUT2D eigenvalue weighted by Crippen LogP contribution is 2.20. The summed E-state index contributed by atoms with van der Waals surface area (Å²) in [6, 6.07) is 10.5. The van der Waals surface area contributed by atoms with Crippen molar-refractivity contribution in [1.82, 2.24) is 20.2 Å². The number of amides is 1. The average Bonchev–Trinajstić information content (AvgIpc) is 3.22. The SMILES string of the molecule is O=C(NCc1cccnc1)c1coc(CN2CCN(c3ccccc3F)CC2)n1.